The van der Waals surface area contributed by atoms with E-state index in [2.05, 4.69) is 26.0 Å². The number of carbonyl (C=O) groups excluding carboxylic acids is 5. The summed E-state index contributed by atoms with van der Waals surface area (Å²) < 4.78 is 18.9. The van der Waals surface area contributed by atoms with Gasteiger partial charge in [0.15, 0.2) is 0 Å². The fourth-order valence-corrected chi connectivity index (χ4v) is 6.30. The van der Waals surface area contributed by atoms with Gasteiger partial charge >= 0.3 is 5.97 Å². The van der Waals surface area contributed by atoms with Crippen molar-refractivity contribution in [2.24, 2.45) is 0 Å². The molecule has 43 heavy (non-hydrogen) atoms. The number of nitrogens with one attached hydrogen (secondary N) is 4. The molecule has 2 unspecified atom stereocenters. The molecule has 0 aliphatic carbocycles. The molecular formula is C29H37N5O8P-. The molecule has 2 aromatic carbocycles. The molecule has 3 rings (SSSR count). The number of hydrogen-bond acceptors (Lipinski definition) is 8. The van der Waals surface area contributed by atoms with Crippen molar-refractivity contribution in [1.82, 2.24) is 20.6 Å². The molecule has 1 aliphatic heterocycles. The summed E-state index contributed by atoms with van der Waals surface area (Å²) >= 11 is 0. The number of anilines is 1. The Morgan fingerprint density at radius 2 is 1.67 bits per heavy atom. The van der Waals surface area contributed by atoms with Crippen molar-refractivity contribution in [3.8, 4) is 0 Å². The van der Waals surface area contributed by atoms with Crippen LogP contribution in [0.5, 0.6) is 0 Å². The van der Waals surface area contributed by atoms with Gasteiger partial charge in [-0.25, -0.2) is 0 Å². The highest BCUT2D eigenvalue weighted by molar-refractivity contribution is 7.54. The first-order valence-corrected chi connectivity index (χ1v) is 15.6. The van der Waals surface area contributed by atoms with E-state index >= 15 is 0 Å². The molecule has 1 fully saturated rings. The number of rotatable bonds is 13. The molecule has 2 aromatic rings. The van der Waals surface area contributed by atoms with E-state index < -0.39 is 61.5 Å². The predicted octanol–water partition coefficient (Wildman–Crippen LogP) is 0.684. The highest BCUT2D eigenvalue weighted by Gasteiger charge is 2.38. The molecule has 4 atom stereocenters. The van der Waals surface area contributed by atoms with Crippen molar-refractivity contribution in [1.29, 1.82) is 0 Å². The van der Waals surface area contributed by atoms with Crippen LogP contribution >= 0.6 is 7.52 Å². The highest BCUT2D eigenvalue weighted by atomic mass is 31.2. The van der Waals surface area contributed by atoms with E-state index in [1.165, 1.54) is 21.0 Å². The number of methoxy groups -OCH3 is 1. The summed E-state index contributed by atoms with van der Waals surface area (Å²) in [6, 6.07) is 12.6. The van der Waals surface area contributed by atoms with E-state index in [0.29, 0.717) is 17.7 Å². The molecular weight excluding hydrogens is 577 g/mol. The van der Waals surface area contributed by atoms with Crippen molar-refractivity contribution in [3.05, 3.63) is 65.7 Å². The quantitative estimate of drug-likeness (QED) is 0.186. The SMILES string of the molecule is COC(=O)Cc1ccc(NC(=O)[C@H](Cc2ccccc2)NC(=O)C2CCCN2P(=O)([O-])CNC(=O)[C@H](C)NC(C)=O)cc1. The van der Waals surface area contributed by atoms with Crippen LogP contribution < -0.4 is 26.2 Å². The highest BCUT2D eigenvalue weighted by Crippen LogP contribution is 2.44. The minimum absolute atomic E-state index is 0.0802. The molecule has 0 radical (unpaired) electrons. The molecule has 0 bridgehead atoms. The fourth-order valence-electron chi connectivity index (χ4n) is 4.68. The van der Waals surface area contributed by atoms with E-state index in [0.717, 1.165) is 10.2 Å². The molecule has 0 saturated carbocycles. The van der Waals surface area contributed by atoms with Crippen LogP contribution in [0.15, 0.2) is 54.6 Å². The van der Waals surface area contributed by atoms with Gasteiger partial charge in [-0.05, 0) is 43.0 Å². The largest absolute Gasteiger partial charge is 0.787 e. The number of carbonyl (C=O) groups is 5. The zero-order chi connectivity index (χ0) is 31.6. The Morgan fingerprint density at radius 1 is 1.00 bits per heavy atom. The molecule has 4 N–H and O–H groups in total. The van der Waals surface area contributed by atoms with Gasteiger partial charge in [-0.1, -0.05) is 42.5 Å². The summed E-state index contributed by atoms with van der Waals surface area (Å²) in [7, 11) is -3.14. The van der Waals surface area contributed by atoms with E-state index in [9.17, 15) is 33.4 Å². The first kappa shape index (κ1) is 33.4. The zero-order valence-corrected chi connectivity index (χ0v) is 25.2. The topological polar surface area (TPSA) is 186 Å². The third-order valence-corrected chi connectivity index (χ3v) is 8.72. The Labute approximate surface area is 250 Å². The maximum Gasteiger partial charge on any atom is 0.309 e. The Kier molecular flexibility index (Phi) is 12.0. The average Bonchev–Trinajstić information content (AvgIpc) is 3.48. The fraction of sp³-hybridized carbons (Fsp3) is 0.414. The number of hydrogen-bond donors (Lipinski definition) is 4. The van der Waals surface area contributed by atoms with Gasteiger partial charge in [0, 0.05) is 25.6 Å². The molecule has 4 amide bonds. The Morgan fingerprint density at radius 3 is 2.30 bits per heavy atom. The van der Waals surface area contributed by atoms with Crippen LogP contribution in [-0.2, 0) is 46.1 Å². The van der Waals surface area contributed by atoms with Gasteiger partial charge in [0.25, 0.3) is 0 Å². The first-order valence-electron chi connectivity index (χ1n) is 13.8. The normalized spacial score (nSPS) is 17.5. The van der Waals surface area contributed by atoms with Gasteiger partial charge in [0.1, 0.15) is 12.1 Å². The number of esters is 1. The van der Waals surface area contributed by atoms with Crippen molar-refractivity contribution in [3.63, 3.8) is 0 Å². The van der Waals surface area contributed by atoms with E-state index in [-0.39, 0.29) is 25.8 Å². The van der Waals surface area contributed by atoms with Gasteiger partial charge in [0.2, 0.25) is 23.6 Å². The predicted molar refractivity (Wildman–Crippen MR) is 156 cm³/mol. The third-order valence-electron chi connectivity index (χ3n) is 6.90. The summed E-state index contributed by atoms with van der Waals surface area (Å²) in [6.07, 6.45) is 0.178. The first-order chi connectivity index (χ1) is 20.4. The van der Waals surface area contributed by atoms with Gasteiger partial charge < -0.3 is 35.5 Å². The molecule has 1 saturated heterocycles. The Bertz CT molecular complexity index is 1350. The van der Waals surface area contributed by atoms with E-state index in [4.69, 9.17) is 0 Å². The Hall–Kier alpha value is -4.06. The summed E-state index contributed by atoms with van der Waals surface area (Å²) in [5, 5.41) is 10.2. The summed E-state index contributed by atoms with van der Waals surface area (Å²) in [6.45, 7) is 2.75. The number of amides is 4. The van der Waals surface area contributed by atoms with Crippen LogP contribution in [0.1, 0.15) is 37.8 Å². The van der Waals surface area contributed by atoms with Crippen molar-refractivity contribution < 1.29 is 38.2 Å². The minimum atomic E-state index is -4.44. The Balaban J connectivity index is 1.70. The van der Waals surface area contributed by atoms with Crippen LogP contribution in [0.3, 0.4) is 0 Å². The monoisotopic (exact) mass is 614 g/mol. The van der Waals surface area contributed by atoms with Crippen molar-refractivity contribution in [2.45, 2.75) is 57.7 Å². The van der Waals surface area contributed by atoms with Crippen LogP contribution in [-0.4, -0.2) is 72.3 Å². The minimum Gasteiger partial charge on any atom is -0.787 e. The summed E-state index contributed by atoms with van der Waals surface area (Å²) in [5.41, 5.74) is 1.93. The molecule has 1 heterocycles. The zero-order valence-electron chi connectivity index (χ0n) is 24.3. The maximum atomic E-state index is 13.4. The molecule has 1 aliphatic rings. The third kappa shape index (κ3) is 10.0. The average molecular weight is 615 g/mol. The smallest absolute Gasteiger partial charge is 0.309 e. The lowest BCUT2D eigenvalue weighted by Crippen LogP contribution is -2.52. The standard InChI is InChI=1S/C29H38N5O8P/c1-19(31-20(2)35)27(37)30-18-43(40,41)34-15-7-10-25(34)29(39)33-24(16-21-8-5-4-6-9-21)28(38)32-23-13-11-22(12-14-23)17-26(36)42-3/h4-6,8-9,11-14,19,24-25H,7,10,15-18H2,1-3H3,(H,30,37)(H,31,35)(H,32,38)(H,33,39)(H,40,41)/p-1/t19-,24-,25?/m0/s1. The van der Waals surface area contributed by atoms with Crippen LogP contribution in [0, 0.1) is 0 Å². The van der Waals surface area contributed by atoms with E-state index in [1.807, 2.05) is 18.2 Å². The molecule has 0 spiro atoms. The van der Waals surface area contributed by atoms with Crippen molar-refractivity contribution in [2.75, 3.05) is 25.3 Å². The maximum absolute atomic E-state index is 13.4. The number of ether oxygens (including phenoxy) is 1. The number of nitrogens with zero attached hydrogens (tertiary/aromatic N) is 1. The number of benzene rings is 2. The van der Waals surface area contributed by atoms with Crippen LogP contribution in [0.4, 0.5) is 5.69 Å². The molecule has 14 heteroatoms. The molecule has 232 valence electrons. The second-order valence-corrected chi connectivity index (χ2v) is 12.4. The lowest BCUT2D eigenvalue weighted by atomic mass is 10.0. The van der Waals surface area contributed by atoms with Gasteiger partial charge in [-0.2, -0.15) is 0 Å². The van der Waals surface area contributed by atoms with E-state index in [1.54, 1.807) is 36.4 Å². The lowest BCUT2D eigenvalue weighted by Gasteiger charge is -2.37. The van der Waals surface area contributed by atoms with Crippen molar-refractivity contribution >= 4 is 42.8 Å². The second-order valence-electron chi connectivity index (χ2n) is 10.3. The molecule has 0 aromatic heterocycles. The van der Waals surface area contributed by atoms with Gasteiger partial charge in [0.05, 0.1) is 33.4 Å². The van der Waals surface area contributed by atoms with Crippen LogP contribution in [0.25, 0.3) is 0 Å². The van der Waals surface area contributed by atoms with Gasteiger partial charge in [-0.3, -0.25) is 28.6 Å². The molecule has 13 nitrogen and oxygen atoms in total. The van der Waals surface area contributed by atoms with Gasteiger partial charge in [-0.15, -0.1) is 0 Å². The lowest BCUT2D eigenvalue weighted by molar-refractivity contribution is -0.189. The summed E-state index contributed by atoms with van der Waals surface area (Å²) in [5.74, 6) is -2.64. The summed E-state index contributed by atoms with van der Waals surface area (Å²) in [4.78, 5) is 74.9. The van der Waals surface area contributed by atoms with Crippen LogP contribution in [0.2, 0.25) is 0 Å². The second kappa shape index (κ2) is 15.4.